The second-order valence-electron chi connectivity index (χ2n) is 6.18. The summed E-state index contributed by atoms with van der Waals surface area (Å²) in [5.74, 6) is 0.565. The molecule has 0 saturated heterocycles. The Morgan fingerprint density at radius 3 is 2.96 bits per heavy atom. The third-order valence-electron chi connectivity index (χ3n) is 4.44. The van der Waals surface area contributed by atoms with Gasteiger partial charge in [-0.15, -0.1) is 0 Å². The minimum absolute atomic E-state index is 0.00562. The zero-order chi connectivity index (χ0) is 17.4. The molecule has 4 rings (SSSR count). The minimum atomic E-state index is 0.00562. The maximum atomic E-state index is 12.0. The molecule has 1 aromatic carbocycles. The molecule has 0 aliphatic carbocycles. The lowest BCUT2D eigenvalue weighted by molar-refractivity contribution is -0.135. The number of aromatic nitrogens is 3. The van der Waals surface area contributed by atoms with Crippen molar-refractivity contribution in [3.63, 3.8) is 0 Å². The standard InChI is InChI=1S/C18H19N5O2/c1-22-6-5-15-16(22)8-19-18(21-15)20-14-4-3-12-9-23(10-13(12)7-14)17(24)11-25-2/h3-8H,9-11H2,1-2H3,(H,19,20,21). The number of anilines is 2. The highest BCUT2D eigenvalue weighted by molar-refractivity contribution is 5.78. The average molecular weight is 337 g/mol. The van der Waals surface area contributed by atoms with Crippen molar-refractivity contribution in [3.8, 4) is 0 Å². The molecule has 0 radical (unpaired) electrons. The van der Waals surface area contributed by atoms with Crippen molar-refractivity contribution in [2.45, 2.75) is 13.1 Å². The lowest BCUT2D eigenvalue weighted by Gasteiger charge is -2.14. The second-order valence-corrected chi connectivity index (χ2v) is 6.18. The van der Waals surface area contributed by atoms with Gasteiger partial charge in [-0.2, -0.15) is 0 Å². The maximum Gasteiger partial charge on any atom is 0.249 e. The molecule has 3 aromatic rings. The summed E-state index contributed by atoms with van der Waals surface area (Å²) in [6.07, 6.45) is 3.77. The lowest BCUT2D eigenvalue weighted by Crippen LogP contribution is -2.28. The van der Waals surface area contributed by atoms with Crippen molar-refractivity contribution < 1.29 is 9.53 Å². The molecule has 1 N–H and O–H groups in total. The molecule has 2 aromatic heterocycles. The molecule has 128 valence electrons. The Labute approximate surface area is 145 Å². The van der Waals surface area contributed by atoms with E-state index in [2.05, 4.69) is 15.3 Å². The SMILES string of the molecule is COCC(=O)N1Cc2ccc(Nc3ncc4c(ccn4C)n3)cc2C1. The van der Waals surface area contributed by atoms with Gasteiger partial charge in [-0.05, 0) is 29.3 Å². The largest absolute Gasteiger partial charge is 0.375 e. The summed E-state index contributed by atoms with van der Waals surface area (Å²) < 4.78 is 6.92. The van der Waals surface area contributed by atoms with Crippen LogP contribution >= 0.6 is 0 Å². The van der Waals surface area contributed by atoms with E-state index in [1.807, 2.05) is 48.3 Å². The summed E-state index contributed by atoms with van der Waals surface area (Å²) in [5.41, 5.74) is 5.10. The Kier molecular flexibility index (Phi) is 3.85. The van der Waals surface area contributed by atoms with Gasteiger partial charge in [0, 0.05) is 39.1 Å². The molecule has 1 amide bonds. The number of methoxy groups -OCH3 is 1. The van der Waals surface area contributed by atoms with E-state index in [4.69, 9.17) is 4.74 Å². The molecule has 25 heavy (non-hydrogen) atoms. The van der Waals surface area contributed by atoms with Crippen LogP contribution in [0.5, 0.6) is 0 Å². The number of nitrogens with zero attached hydrogens (tertiary/aromatic N) is 4. The average Bonchev–Trinajstić information content (AvgIpc) is 3.18. The van der Waals surface area contributed by atoms with E-state index in [-0.39, 0.29) is 12.5 Å². The fraction of sp³-hybridized carbons (Fsp3) is 0.278. The van der Waals surface area contributed by atoms with E-state index in [9.17, 15) is 4.79 Å². The molecule has 7 nitrogen and oxygen atoms in total. The molecule has 7 heteroatoms. The van der Waals surface area contributed by atoms with Crippen LogP contribution in [0.15, 0.2) is 36.7 Å². The molecule has 3 heterocycles. The van der Waals surface area contributed by atoms with Crippen molar-refractivity contribution >= 4 is 28.6 Å². The number of fused-ring (bicyclic) bond motifs is 2. The van der Waals surface area contributed by atoms with Gasteiger partial charge in [0.1, 0.15) is 6.61 Å². The Bertz CT molecular complexity index is 950. The number of benzene rings is 1. The van der Waals surface area contributed by atoms with E-state index in [1.54, 1.807) is 4.90 Å². The lowest BCUT2D eigenvalue weighted by atomic mass is 10.1. The fourth-order valence-electron chi connectivity index (χ4n) is 3.10. The fourth-order valence-corrected chi connectivity index (χ4v) is 3.10. The first kappa shape index (κ1) is 15.6. The van der Waals surface area contributed by atoms with Crippen LogP contribution in [0.25, 0.3) is 11.0 Å². The van der Waals surface area contributed by atoms with Crippen LogP contribution in [-0.2, 0) is 29.7 Å². The molecule has 1 aliphatic rings. The summed E-state index contributed by atoms with van der Waals surface area (Å²) in [7, 11) is 3.50. The van der Waals surface area contributed by atoms with Gasteiger partial charge in [0.2, 0.25) is 11.9 Å². The van der Waals surface area contributed by atoms with Crippen LogP contribution < -0.4 is 5.32 Å². The maximum absolute atomic E-state index is 12.0. The van der Waals surface area contributed by atoms with Gasteiger partial charge in [-0.3, -0.25) is 4.79 Å². The third-order valence-corrected chi connectivity index (χ3v) is 4.44. The van der Waals surface area contributed by atoms with Crippen molar-refractivity contribution in [2.75, 3.05) is 19.0 Å². The van der Waals surface area contributed by atoms with Crippen LogP contribution in [0.2, 0.25) is 0 Å². The van der Waals surface area contributed by atoms with E-state index >= 15 is 0 Å². The number of hydrogen-bond acceptors (Lipinski definition) is 5. The molecule has 0 saturated carbocycles. The van der Waals surface area contributed by atoms with Gasteiger partial charge in [-0.25, -0.2) is 9.97 Å². The van der Waals surface area contributed by atoms with E-state index in [1.165, 1.54) is 7.11 Å². The van der Waals surface area contributed by atoms with Crippen molar-refractivity contribution in [2.24, 2.45) is 7.05 Å². The summed E-state index contributed by atoms with van der Waals surface area (Å²) in [4.78, 5) is 22.7. The van der Waals surface area contributed by atoms with Crippen molar-refractivity contribution in [1.82, 2.24) is 19.4 Å². The van der Waals surface area contributed by atoms with Crippen molar-refractivity contribution in [1.29, 1.82) is 0 Å². The third kappa shape index (κ3) is 2.94. The zero-order valence-corrected chi connectivity index (χ0v) is 14.2. The monoisotopic (exact) mass is 337 g/mol. The highest BCUT2D eigenvalue weighted by Crippen LogP contribution is 2.27. The predicted molar refractivity (Wildman–Crippen MR) is 94.4 cm³/mol. The Balaban J connectivity index is 1.53. The molecule has 1 aliphatic heterocycles. The number of carbonyl (C=O) groups excluding carboxylic acids is 1. The quantitative estimate of drug-likeness (QED) is 0.790. The highest BCUT2D eigenvalue weighted by atomic mass is 16.5. The zero-order valence-electron chi connectivity index (χ0n) is 14.2. The van der Waals surface area contributed by atoms with Gasteiger partial charge >= 0.3 is 0 Å². The molecular formula is C18H19N5O2. The van der Waals surface area contributed by atoms with Gasteiger partial charge in [0.25, 0.3) is 0 Å². The van der Waals surface area contributed by atoms with Gasteiger partial charge in [0.15, 0.2) is 0 Å². The van der Waals surface area contributed by atoms with Crippen LogP contribution in [0.4, 0.5) is 11.6 Å². The highest BCUT2D eigenvalue weighted by Gasteiger charge is 2.23. The van der Waals surface area contributed by atoms with E-state index in [0.717, 1.165) is 27.8 Å². The minimum Gasteiger partial charge on any atom is -0.375 e. The first-order valence-corrected chi connectivity index (χ1v) is 8.07. The number of nitrogens with one attached hydrogen (secondary N) is 1. The van der Waals surface area contributed by atoms with Gasteiger partial charge in [0.05, 0.1) is 17.2 Å². The first-order chi connectivity index (χ1) is 12.1. The molecule has 0 fully saturated rings. The predicted octanol–water partition coefficient (Wildman–Crippen LogP) is 2.20. The summed E-state index contributed by atoms with van der Waals surface area (Å²) in [6.45, 7) is 1.35. The number of amides is 1. The normalized spacial score (nSPS) is 13.3. The smallest absolute Gasteiger partial charge is 0.249 e. The number of hydrogen-bond donors (Lipinski definition) is 1. The van der Waals surface area contributed by atoms with E-state index in [0.29, 0.717) is 19.0 Å². The topological polar surface area (TPSA) is 72.3 Å². The number of rotatable bonds is 4. The van der Waals surface area contributed by atoms with Crippen LogP contribution in [0.1, 0.15) is 11.1 Å². The number of ether oxygens (including phenoxy) is 1. The first-order valence-electron chi connectivity index (χ1n) is 8.07. The Morgan fingerprint density at radius 1 is 1.28 bits per heavy atom. The molecule has 0 unspecified atom stereocenters. The van der Waals surface area contributed by atoms with Crippen molar-refractivity contribution in [3.05, 3.63) is 47.8 Å². The van der Waals surface area contributed by atoms with E-state index < -0.39 is 0 Å². The Morgan fingerprint density at radius 2 is 2.12 bits per heavy atom. The summed E-state index contributed by atoms with van der Waals surface area (Å²) >= 11 is 0. The van der Waals surface area contributed by atoms with Crippen LogP contribution in [0.3, 0.4) is 0 Å². The molecule has 0 bridgehead atoms. The van der Waals surface area contributed by atoms with Crippen LogP contribution in [-0.4, -0.2) is 39.1 Å². The summed E-state index contributed by atoms with van der Waals surface area (Å²) in [5, 5.41) is 3.24. The number of aryl methyl sites for hydroxylation is 1. The van der Waals surface area contributed by atoms with Gasteiger partial charge in [-0.1, -0.05) is 6.07 Å². The Hall–Kier alpha value is -2.93. The molecule has 0 spiro atoms. The summed E-state index contributed by atoms with van der Waals surface area (Å²) in [6, 6.07) is 8.04. The molecular weight excluding hydrogens is 318 g/mol. The number of carbonyl (C=O) groups is 1. The van der Waals surface area contributed by atoms with Gasteiger partial charge < -0.3 is 19.5 Å². The molecule has 0 atom stereocenters. The second kappa shape index (κ2) is 6.18. The van der Waals surface area contributed by atoms with Crippen LogP contribution in [0, 0.1) is 0 Å².